The average Bonchev–Trinajstić information content (AvgIpc) is 1.85. The number of rotatable bonds is 5. The molecule has 1 nitrogen and oxygen atoms in total. The van der Waals surface area contributed by atoms with E-state index in [2.05, 4.69) is 29.8 Å². The number of ether oxygens (including phenoxy) is 1. The molecule has 0 saturated heterocycles. The highest BCUT2D eigenvalue weighted by molar-refractivity contribution is 9.09. The van der Waals surface area contributed by atoms with Crippen molar-refractivity contribution >= 4 is 15.9 Å². The second-order valence-electron chi connectivity index (χ2n) is 3.02. The smallest absolute Gasteiger partial charge is 0.0587 e. The van der Waals surface area contributed by atoms with Crippen LogP contribution in [0.3, 0.4) is 0 Å². The van der Waals surface area contributed by atoms with Gasteiger partial charge in [0.25, 0.3) is 0 Å². The SMILES string of the molecule is COCC(Br)CCC(C)C. The van der Waals surface area contributed by atoms with E-state index in [0.29, 0.717) is 4.83 Å². The van der Waals surface area contributed by atoms with Crippen LogP contribution in [-0.4, -0.2) is 18.5 Å². The van der Waals surface area contributed by atoms with Crippen molar-refractivity contribution in [2.45, 2.75) is 31.5 Å². The Balaban J connectivity index is 3.12. The molecule has 0 aromatic rings. The highest BCUT2D eigenvalue weighted by Gasteiger charge is 2.03. The van der Waals surface area contributed by atoms with Crippen LogP contribution in [0.25, 0.3) is 0 Å². The quantitative estimate of drug-likeness (QED) is 0.632. The van der Waals surface area contributed by atoms with Crippen molar-refractivity contribution in [3.63, 3.8) is 0 Å². The van der Waals surface area contributed by atoms with Crippen LogP contribution in [-0.2, 0) is 4.74 Å². The molecule has 0 spiro atoms. The molecular formula is C8H17BrO. The molecule has 0 aromatic heterocycles. The van der Waals surface area contributed by atoms with E-state index in [1.165, 1.54) is 12.8 Å². The molecule has 0 bridgehead atoms. The Morgan fingerprint density at radius 2 is 1.90 bits per heavy atom. The van der Waals surface area contributed by atoms with Gasteiger partial charge < -0.3 is 4.74 Å². The summed E-state index contributed by atoms with van der Waals surface area (Å²) in [5.41, 5.74) is 0. The molecular weight excluding hydrogens is 192 g/mol. The summed E-state index contributed by atoms with van der Waals surface area (Å²) in [5.74, 6) is 0.803. The van der Waals surface area contributed by atoms with E-state index in [4.69, 9.17) is 4.74 Å². The van der Waals surface area contributed by atoms with Crippen molar-refractivity contribution in [3.05, 3.63) is 0 Å². The zero-order valence-electron chi connectivity index (χ0n) is 7.06. The molecule has 62 valence electrons. The molecule has 0 saturated carbocycles. The van der Waals surface area contributed by atoms with Gasteiger partial charge in [0.1, 0.15) is 0 Å². The van der Waals surface area contributed by atoms with Crippen LogP contribution in [0.2, 0.25) is 0 Å². The van der Waals surface area contributed by atoms with Gasteiger partial charge in [0.15, 0.2) is 0 Å². The van der Waals surface area contributed by atoms with E-state index >= 15 is 0 Å². The van der Waals surface area contributed by atoms with Crippen LogP contribution in [0, 0.1) is 5.92 Å². The fourth-order valence-corrected chi connectivity index (χ4v) is 1.31. The van der Waals surface area contributed by atoms with Gasteiger partial charge in [-0.2, -0.15) is 0 Å². The van der Waals surface area contributed by atoms with Gasteiger partial charge in [0.05, 0.1) is 6.61 Å². The Bertz CT molecular complexity index is 73.7. The van der Waals surface area contributed by atoms with Crippen LogP contribution in [0.5, 0.6) is 0 Å². The first-order valence-corrected chi connectivity index (χ1v) is 4.71. The lowest BCUT2D eigenvalue weighted by Gasteiger charge is -2.09. The Morgan fingerprint density at radius 3 is 2.30 bits per heavy atom. The normalized spacial score (nSPS) is 14.1. The Hall–Kier alpha value is 0.440. The highest BCUT2D eigenvalue weighted by Crippen LogP contribution is 2.12. The van der Waals surface area contributed by atoms with Gasteiger partial charge in [-0.05, 0) is 18.8 Å². The summed E-state index contributed by atoms with van der Waals surface area (Å²) in [6.45, 7) is 5.31. The lowest BCUT2D eigenvalue weighted by atomic mass is 10.1. The summed E-state index contributed by atoms with van der Waals surface area (Å²) >= 11 is 3.54. The van der Waals surface area contributed by atoms with Gasteiger partial charge in [-0.15, -0.1) is 0 Å². The first-order valence-electron chi connectivity index (χ1n) is 3.79. The number of alkyl halides is 1. The monoisotopic (exact) mass is 208 g/mol. The molecule has 1 unspecified atom stereocenters. The Labute approximate surface area is 72.3 Å². The van der Waals surface area contributed by atoms with Gasteiger partial charge in [-0.3, -0.25) is 0 Å². The summed E-state index contributed by atoms with van der Waals surface area (Å²) in [4.78, 5) is 0.542. The van der Waals surface area contributed by atoms with Gasteiger partial charge in [-0.25, -0.2) is 0 Å². The fourth-order valence-electron chi connectivity index (χ4n) is 0.778. The zero-order valence-corrected chi connectivity index (χ0v) is 8.65. The van der Waals surface area contributed by atoms with Crippen molar-refractivity contribution in [2.75, 3.05) is 13.7 Å². The summed E-state index contributed by atoms with van der Waals surface area (Å²) in [6.07, 6.45) is 2.49. The van der Waals surface area contributed by atoms with E-state index in [9.17, 15) is 0 Å². The first-order chi connectivity index (χ1) is 4.66. The maximum atomic E-state index is 4.99. The van der Waals surface area contributed by atoms with Crippen molar-refractivity contribution in [2.24, 2.45) is 5.92 Å². The average molecular weight is 209 g/mol. The first kappa shape index (κ1) is 10.4. The number of hydrogen-bond acceptors (Lipinski definition) is 1. The van der Waals surface area contributed by atoms with Crippen LogP contribution >= 0.6 is 15.9 Å². The highest BCUT2D eigenvalue weighted by atomic mass is 79.9. The summed E-state index contributed by atoms with van der Waals surface area (Å²) < 4.78 is 4.99. The maximum Gasteiger partial charge on any atom is 0.0587 e. The largest absolute Gasteiger partial charge is 0.384 e. The summed E-state index contributed by atoms with van der Waals surface area (Å²) in [6, 6.07) is 0. The predicted molar refractivity (Wildman–Crippen MR) is 48.7 cm³/mol. The Morgan fingerprint density at radius 1 is 1.30 bits per heavy atom. The molecule has 0 rings (SSSR count). The standard InChI is InChI=1S/C8H17BrO/c1-7(2)4-5-8(9)6-10-3/h7-8H,4-6H2,1-3H3. The molecule has 10 heavy (non-hydrogen) atoms. The molecule has 1 atom stereocenters. The van der Waals surface area contributed by atoms with E-state index in [1.807, 2.05) is 0 Å². The van der Waals surface area contributed by atoms with E-state index in [-0.39, 0.29) is 0 Å². The third-order valence-electron chi connectivity index (χ3n) is 1.40. The Kier molecular flexibility index (Phi) is 6.44. The van der Waals surface area contributed by atoms with Crippen molar-refractivity contribution in [1.29, 1.82) is 0 Å². The topological polar surface area (TPSA) is 9.23 Å². The van der Waals surface area contributed by atoms with Crippen molar-refractivity contribution < 1.29 is 4.74 Å². The summed E-state index contributed by atoms with van der Waals surface area (Å²) in [7, 11) is 1.74. The van der Waals surface area contributed by atoms with Gasteiger partial charge in [0, 0.05) is 11.9 Å². The zero-order chi connectivity index (χ0) is 7.98. The molecule has 0 aromatic carbocycles. The van der Waals surface area contributed by atoms with Crippen molar-refractivity contribution in [3.8, 4) is 0 Å². The summed E-state index contributed by atoms with van der Waals surface area (Å²) in [5, 5.41) is 0. The second kappa shape index (κ2) is 6.17. The van der Waals surface area contributed by atoms with Crippen LogP contribution in [0.15, 0.2) is 0 Å². The molecule has 0 aliphatic rings. The molecule has 0 fully saturated rings. The number of methoxy groups -OCH3 is 1. The second-order valence-corrected chi connectivity index (χ2v) is 4.32. The van der Waals surface area contributed by atoms with Crippen LogP contribution < -0.4 is 0 Å². The molecule has 0 radical (unpaired) electrons. The minimum atomic E-state index is 0.542. The fraction of sp³-hybridized carbons (Fsp3) is 1.00. The molecule has 0 heterocycles. The predicted octanol–water partition coefficient (Wildman–Crippen LogP) is 2.83. The van der Waals surface area contributed by atoms with Crippen LogP contribution in [0.1, 0.15) is 26.7 Å². The van der Waals surface area contributed by atoms with E-state index in [1.54, 1.807) is 7.11 Å². The lowest BCUT2D eigenvalue weighted by Crippen LogP contribution is -2.07. The van der Waals surface area contributed by atoms with Gasteiger partial charge in [-0.1, -0.05) is 29.8 Å². The lowest BCUT2D eigenvalue weighted by molar-refractivity contribution is 0.197. The molecule has 0 N–H and O–H groups in total. The van der Waals surface area contributed by atoms with Gasteiger partial charge in [0.2, 0.25) is 0 Å². The molecule has 0 aliphatic carbocycles. The van der Waals surface area contributed by atoms with E-state index in [0.717, 1.165) is 12.5 Å². The van der Waals surface area contributed by atoms with Gasteiger partial charge >= 0.3 is 0 Å². The minimum absolute atomic E-state index is 0.542. The van der Waals surface area contributed by atoms with E-state index < -0.39 is 0 Å². The minimum Gasteiger partial charge on any atom is -0.384 e. The molecule has 0 amide bonds. The molecule has 0 aliphatic heterocycles. The number of halogens is 1. The third kappa shape index (κ3) is 6.56. The number of hydrogen-bond donors (Lipinski definition) is 0. The maximum absolute atomic E-state index is 4.99. The third-order valence-corrected chi connectivity index (χ3v) is 2.13. The van der Waals surface area contributed by atoms with Crippen molar-refractivity contribution in [1.82, 2.24) is 0 Å². The van der Waals surface area contributed by atoms with Crippen LogP contribution in [0.4, 0.5) is 0 Å². The molecule has 2 heteroatoms.